The van der Waals surface area contributed by atoms with Crippen molar-refractivity contribution in [3.63, 3.8) is 0 Å². The number of likely N-dealkylation sites (N-methyl/N-ethyl adjacent to an activating group) is 1. The van der Waals surface area contributed by atoms with Crippen molar-refractivity contribution in [2.24, 2.45) is 0 Å². The van der Waals surface area contributed by atoms with E-state index in [1.165, 1.54) is 24.5 Å². The molecular weight excluding hydrogens is 418 g/mol. The van der Waals surface area contributed by atoms with E-state index in [0.717, 1.165) is 0 Å². The van der Waals surface area contributed by atoms with E-state index in [4.69, 9.17) is 21.1 Å². The van der Waals surface area contributed by atoms with E-state index >= 15 is 0 Å². The van der Waals surface area contributed by atoms with Crippen LogP contribution in [0.1, 0.15) is 0 Å². The molecule has 8 heteroatoms. The standard InChI is InChI=1S/C16H17BrClNO4S/c1-19(8-9-23-13-6-4-3-5-7-13)24(20,21)15-11-12(18)10-14(17)16(15)22-2/h3-7,10-11H,8-9H2,1-2H3. The van der Waals surface area contributed by atoms with Gasteiger partial charge in [-0.3, -0.25) is 0 Å². The summed E-state index contributed by atoms with van der Waals surface area (Å²) >= 11 is 9.25. The minimum absolute atomic E-state index is 0.00610. The highest BCUT2D eigenvalue weighted by Crippen LogP contribution is 2.36. The molecule has 130 valence electrons. The number of benzene rings is 2. The molecule has 0 saturated heterocycles. The number of sulfonamides is 1. The molecule has 0 aliphatic carbocycles. The third-order valence-corrected chi connectivity index (χ3v) is 5.95. The number of halogens is 2. The lowest BCUT2D eigenvalue weighted by Gasteiger charge is -2.20. The average Bonchev–Trinajstić information content (AvgIpc) is 2.55. The number of para-hydroxylation sites is 1. The fraction of sp³-hybridized carbons (Fsp3) is 0.250. The van der Waals surface area contributed by atoms with Crippen LogP contribution in [0, 0.1) is 0 Å². The second-order valence-electron chi connectivity index (χ2n) is 4.91. The first-order chi connectivity index (χ1) is 11.4. The van der Waals surface area contributed by atoms with Gasteiger partial charge in [-0.25, -0.2) is 8.42 Å². The molecule has 0 N–H and O–H groups in total. The molecule has 0 heterocycles. The van der Waals surface area contributed by atoms with Gasteiger partial charge >= 0.3 is 0 Å². The Labute approximate surface area is 155 Å². The van der Waals surface area contributed by atoms with Crippen LogP contribution in [-0.4, -0.2) is 40.0 Å². The minimum Gasteiger partial charge on any atom is -0.494 e. The lowest BCUT2D eigenvalue weighted by atomic mass is 10.3. The van der Waals surface area contributed by atoms with E-state index in [0.29, 0.717) is 15.2 Å². The van der Waals surface area contributed by atoms with Crippen LogP contribution >= 0.6 is 27.5 Å². The van der Waals surface area contributed by atoms with Gasteiger partial charge in [-0.1, -0.05) is 29.8 Å². The van der Waals surface area contributed by atoms with Crippen LogP contribution in [0.4, 0.5) is 0 Å². The summed E-state index contributed by atoms with van der Waals surface area (Å²) in [5.74, 6) is 0.904. The predicted octanol–water partition coefficient (Wildman–Crippen LogP) is 3.81. The monoisotopic (exact) mass is 433 g/mol. The molecule has 0 aliphatic rings. The Balaban J connectivity index is 2.15. The number of methoxy groups -OCH3 is 1. The largest absolute Gasteiger partial charge is 0.494 e. The third-order valence-electron chi connectivity index (χ3n) is 3.28. The second kappa shape index (κ2) is 8.20. The summed E-state index contributed by atoms with van der Waals surface area (Å²) in [4.78, 5) is 0.00610. The number of hydrogen-bond acceptors (Lipinski definition) is 4. The smallest absolute Gasteiger partial charge is 0.246 e. The summed E-state index contributed by atoms with van der Waals surface area (Å²) in [6.07, 6.45) is 0. The first kappa shape index (κ1) is 19.1. The van der Waals surface area contributed by atoms with Gasteiger partial charge in [0.1, 0.15) is 17.3 Å². The van der Waals surface area contributed by atoms with Crippen molar-refractivity contribution in [3.8, 4) is 11.5 Å². The van der Waals surface area contributed by atoms with E-state index in [-0.39, 0.29) is 23.8 Å². The van der Waals surface area contributed by atoms with Crippen molar-refractivity contribution in [3.05, 3.63) is 52.0 Å². The molecule has 0 saturated carbocycles. The zero-order valence-corrected chi connectivity index (χ0v) is 16.4. The highest BCUT2D eigenvalue weighted by molar-refractivity contribution is 9.10. The minimum atomic E-state index is -3.77. The summed E-state index contributed by atoms with van der Waals surface area (Å²) in [6.45, 7) is 0.411. The van der Waals surface area contributed by atoms with Crippen LogP contribution < -0.4 is 9.47 Å². The Morgan fingerprint density at radius 3 is 2.50 bits per heavy atom. The van der Waals surface area contributed by atoms with Crippen molar-refractivity contribution < 1.29 is 17.9 Å². The van der Waals surface area contributed by atoms with Crippen molar-refractivity contribution in [2.45, 2.75) is 4.90 Å². The Kier molecular flexibility index (Phi) is 6.51. The summed E-state index contributed by atoms with van der Waals surface area (Å²) in [5.41, 5.74) is 0. The van der Waals surface area contributed by atoms with Gasteiger partial charge in [0.15, 0.2) is 5.75 Å². The van der Waals surface area contributed by atoms with Gasteiger partial charge in [0.05, 0.1) is 11.6 Å². The molecule has 0 unspecified atom stereocenters. The highest BCUT2D eigenvalue weighted by Gasteiger charge is 2.26. The molecular formula is C16H17BrClNO4S. The molecule has 0 fully saturated rings. The maximum absolute atomic E-state index is 12.8. The molecule has 5 nitrogen and oxygen atoms in total. The molecule has 0 atom stereocenters. The van der Waals surface area contributed by atoms with Crippen LogP contribution in [0.5, 0.6) is 11.5 Å². The van der Waals surface area contributed by atoms with Crippen molar-refractivity contribution in [1.82, 2.24) is 4.31 Å². The molecule has 2 aromatic rings. The van der Waals surface area contributed by atoms with Crippen LogP contribution in [0.15, 0.2) is 51.8 Å². The van der Waals surface area contributed by atoms with Crippen molar-refractivity contribution in [2.75, 3.05) is 27.3 Å². The third kappa shape index (κ3) is 4.42. The molecule has 0 aliphatic heterocycles. The molecule has 2 aromatic carbocycles. The van der Waals surface area contributed by atoms with Crippen LogP contribution in [0.3, 0.4) is 0 Å². The molecule has 24 heavy (non-hydrogen) atoms. The summed E-state index contributed by atoms with van der Waals surface area (Å²) in [6, 6.07) is 12.2. The van der Waals surface area contributed by atoms with E-state index in [1.807, 2.05) is 30.3 Å². The van der Waals surface area contributed by atoms with Gasteiger partial charge in [-0.15, -0.1) is 0 Å². The maximum atomic E-state index is 12.8. The van der Waals surface area contributed by atoms with Gasteiger partial charge in [0, 0.05) is 18.6 Å². The Morgan fingerprint density at radius 1 is 1.21 bits per heavy atom. The Morgan fingerprint density at radius 2 is 1.88 bits per heavy atom. The average molecular weight is 435 g/mol. The normalized spacial score (nSPS) is 11.5. The zero-order valence-electron chi connectivity index (χ0n) is 13.2. The van der Waals surface area contributed by atoms with E-state index < -0.39 is 10.0 Å². The van der Waals surface area contributed by atoms with Crippen molar-refractivity contribution in [1.29, 1.82) is 0 Å². The summed E-state index contributed by atoms with van der Waals surface area (Å²) < 4.78 is 38.0. The van der Waals surface area contributed by atoms with Gasteiger partial charge in [-0.2, -0.15) is 4.31 Å². The van der Waals surface area contributed by atoms with Gasteiger partial charge in [-0.05, 0) is 40.2 Å². The lowest BCUT2D eigenvalue weighted by Crippen LogP contribution is -2.31. The summed E-state index contributed by atoms with van der Waals surface area (Å²) in [5, 5.41) is 0.301. The number of hydrogen-bond donors (Lipinski definition) is 0. The fourth-order valence-corrected chi connectivity index (χ4v) is 4.55. The van der Waals surface area contributed by atoms with Crippen LogP contribution in [0.2, 0.25) is 5.02 Å². The Hall–Kier alpha value is -1.28. The molecule has 0 aromatic heterocycles. The van der Waals surface area contributed by atoms with Gasteiger partial charge in [0.2, 0.25) is 10.0 Å². The molecule has 2 rings (SSSR count). The zero-order chi connectivity index (χ0) is 17.7. The first-order valence-electron chi connectivity index (χ1n) is 7.03. The first-order valence-corrected chi connectivity index (χ1v) is 9.64. The van der Waals surface area contributed by atoms with Gasteiger partial charge in [0.25, 0.3) is 0 Å². The maximum Gasteiger partial charge on any atom is 0.246 e. The van der Waals surface area contributed by atoms with Crippen LogP contribution in [-0.2, 0) is 10.0 Å². The van der Waals surface area contributed by atoms with Gasteiger partial charge < -0.3 is 9.47 Å². The molecule has 0 radical (unpaired) electrons. The predicted molar refractivity (Wildman–Crippen MR) is 97.5 cm³/mol. The fourth-order valence-electron chi connectivity index (χ4n) is 2.02. The van der Waals surface area contributed by atoms with Crippen LogP contribution in [0.25, 0.3) is 0 Å². The number of nitrogens with zero attached hydrogens (tertiary/aromatic N) is 1. The number of ether oxygens (including phenoxy) is 2. The van der Waals surface area contributed by atoms with Crippen molar-refractivity contribution >= 4 is 37.6 Å². The Bertz CT molecular complexity index is 799. The number of rotatable bonds is 7. The molecule has 0 amide bonds. The topological polar surface area (TPSA) is 55.8 Å². The molecule has 0 spiro atoms. The quantitative estimate of drug-likeness (QED) is 0.665. The SMILES string of the molecule is COc1c(Br)cc(Cl)cc1S(=O)(=O)N(C)CCOc1ccccc1. The van der Waals surface area contributed by atoms with E-state index in [1.54, 1.807) is 6.07 Å². The summed E-state index contributed by atoms with van der Waals surface area (Å²) in [7, 11) is -0.875. The highest BCUT2D eigenvalue weighted by atomic mass is 79.9. The second-order valence-corrected chi connectivity index (χ2v) is 8.21. The van der Waals surface area contributed by atoms with E-state index in [2.05, 4.69) is 15.9 Å². The lowest BCUT2D eigenvalue weighted by molar-refractivity contribution is 0.286. The van der Waals surface area contributed by atoms with E-state index in [9.17, 15) is 8.42 Å². The molecule has 0 bridgehead atoms.